The van der Waals surface area contributed by atoms with Crippen molar-refractivity contribution in [1.82, 2.24) is 0 Å². The van der Waals surface area contributed by atoms with Crippen LogP contribution in [0.5, 0.6) is 0 Å². The molecule has 0 heterocycles. The van der Waals surface area contributed by atoms with Crippen LogP contribution in [0.2, 0.25) is 0 Å². The van der Waals surface area contributed by atoms with Crippen LogP contribution in [0.15, 0.2) is 427 Å². The second-order valence-electron chi connectivity index (χ2n) is 24.0. The smallest absolute Gasteiger partial charge is 0.433 e. The maximum absolute atomic E-state index is 12.9. The van der Waals surface area contributed by atoms with E-state index in [-0.39, 0.29) is 49.8 Å². The molecule has 12 aromatic carbocycles. The molecule has 0 aliphatic rings. The average molecular weight is 1730 g/mol. The highest BCUT2D eigenvalue weighted by Crippen LogP contribution is 2.51. The van der Waals surface area contributed by atoms with Crippen molar-refractivity contribution < 1.29 is 96.2 Å². The molecule has 0 spiro atoms. The summed E-state index contributed by atoms with van der Waals surface area (Å²) in [6, 6.07) is 129. The Morgan fingerprint density at radius 3 is 0.565 bits per heavy atom. The lowest BCUT2D eigenvalue weighted by atomic mass is 10.2. The van der Waals surface area contributed by atoms with Crippen LogP contribution in [0, 0.1) is 0 Å². The molecule has 9 nitrogen and oxygen atoms in total. The monoisotopic (exact) mass is 1730 g/mol. The molecular formula is C84H71F15N2O7S7+2. The van der Waals surface area contributed by atoms with Crippen molar-refractivity contribution in [2.45, 2.75) is 119 Å². The second kappa shape index (κ2) is 41.2. The fraction of sp³-hybridized carbons (Fsp3) is 0.131. The lowest BCUT2D eigenvalue weighted by Crippen LogP contribution is -2.56. The number of hydrogen-bond donors (Lipinski definition) is 0. The van der Waals surface area contributed by atoms with Gasteiger partial charge in [0.1, 0.15) is 0 Å². The van der Waals surface area contributed by atoms with E-state index in [4.69, 9.17) is 0 Å². The minimum atomic E-state index is -6.96. The Bertz CT molecular complexity index is 4430. The Hall–Kier alpha value is -9.73. The fourth-order valence-electron chi connectivity index (χ4n) is 9.77. The Labute approximate surface area is 669 Å². The number of benzene rings is 12. The molecule has 31 heteroatoms. The van der Waals surface area contributed by atoms with E-state index in [1.54, 1.807) is 0 Å². The van der Waals surface area contributed by atoms with Crippen LogP contribution in [0.4, 0.5) is 65.9 Å². The first kappa shape index (κ1) is 92.4. The topological polar surface area (TPSA) is 152 Å². The zero-order valence-electron chi connectivity index (χ0n) is 60.6. The quantitative estimate of drug-likeness (QED) is 0.0283. The molecule has 0 atom stereocenters. The molecule has 604 valence electrons. The summed E-state index contributed by atoms with van der Waals surface area (Å²) in [5, 5.41) is -2.49. The van der Waals surface area contributed by atoms with Gasteiger partial charge in [-0.3, -0.25) is 0 Å². The summed E-state index contributed by atoms with van der Waals surface area (Å²) in [6.45, 7) is -1.38. The van der Waals surface area contributed by atoms with Gasteiger partial charge in [0.2, 0.25) is 0 Å². The number of sulfonamides is 3. The maximum Gasteiger partial charge on any atom is 0.433 e. The van der Waals surface area contributed by atoms with Crippen molar-refractivity contribution in [3.63, 3.8) is 0 Å². The summed E-state index contributed by atoms with van der Waals surface area (Å²) >= 11 is 0. The normalized spacial score (nSPS) is 12.4. The lowest BCUT2D eigenvalue weighted by Gasteiger charge is -2.34. The molecule has 12 aromatic rings. The van der Waals surface area contributed by atoms with Crippen LogP contribution in [0.3, 0.4) is 0 Å². The van der Waals surface area contributed by atoms with Gasteiger partial charge in [-0.15, -0.1) is 0 Å². The van der Waals surface area contributed by atoms with E-state index in [2.05, 4.69) is 364 Å². The van der Waals surface area contributed by atoms with Crippen LogP contribution >= 0.6 is 0 Å². The van der Waals surface area contributed by atoms with Crippen molar-refractivity contribution in [3.8, 4) is 0 Å². The van der Waals surface area contributed by atoms with Gasteiger partial charge in [0.15, 0.2) is 68.8 Å². The molecule has 0 radical (unpaired) electrons. The molecule has 0 aliphatic carbocycles. The van der Waals surface area contributed by atoms with E-state index in [1.165, 1.54) is 67.3 Å². The van der Waals surface area contributed by atoms with Gasteiger partial charge in [0.25, 0.3) is 0 Å². The Morgan fingerprint density at radius 1 is 0.287 bits per heavy atom. The standard InChI is InChI=1S/4C18H15S.C7H6F9NO3S.C5H6F6NO4S2/c4*1-4-10-16(11-5-1)19(17-12-6-2-7-13-17)18-14-8-3-9-15-18;1-4(8,9)6(13,14)7(15,16)21(19,20)17-3(18)2-5(10,11)12;1-3(6,7)4(8,9)5(10,11)18(15,16)12-17(2,13)14/h4*1-15H;2H2,1H3,(H,17,18);1-2H3/q4*+1;;-1/p-1. The molecule has 12 rings (SSSR count). The van der Waals surface area contributed by atoms with E-state index in [9.17, 15) is 96.2 Å². The summed E-state index contributed by atoms with van der Waals surface area (Å²) in [5.41, 5.74) is 0. The minimum absolute atomic E-state index is 0.0146. The largest absolute Gasteiger partial charge is 0.861 e. The van der Waals surface area contributed by atoms with Crippen LogP contribution in [0.25, 0.3) is 4.13 Å². The molecule has 0 bridgehead atoms. The second-order valence-corrected chi connectivity index (χ2v) is 37.3. The first-order chi connectivity index (χ1) is 54.1. The van der Waals surface area contributed by atoms with Gasteiger partial charge < -0.3 is 9.23 Å². The van der Waals surface area contributed by atoms with Gasteiger partial charge in [-0.1, -0.05) is 218 Å². The molecule has 0 aliphatic heterocycles. The van der Waals surface area contributed by atoms with Crippen LogP contribution in [0.1, 0.15) is 20.3 Å². The number of halogens is 15. The van der Waals surface area contributed by atoms with E-state index in [1.807, 2.05) is 0 Å². The van der Waals surface area contributed by atoms with E-state index in [0.29, 0.717) is 0 Å². The highest BCUT2D eigenvalue weighted by molar-refractivity contribution is 8.12. The average Bonchev–Trinajstić information content (AvgIpc) is 0.744. The highest BCUT2D eigenvalue weighted by Gasteiger charge is 2.76. The predicted octanol–water partition coefficient (Wildman–Crippen LogP) is 22.6. The molecule has 115 heavy (non-hydrogen) atoms. The summed E-state index contributed by atoms with van der Waals surface area (Å²) in [6.07, 6.45) is -7.98. The third-order valence-corrected chi connectivity index (χ3v) is 28.1. The highest BCUT2D eigenvalue weighted by atomic mass is 32.3. The number of nitrogens with zero attached hydrogens (tertiary/aromatic N) is 2. The minimum Gasteiger partial charge on any atom is -0.861 e. The van der Waals surface area contributed by atoms with Crippen LogP contribution in [-0.2, 0) is 73.6 Å². The predicted molar refractivity (Wildman–Crippen MR) is 421 cm³/mol. The Kier molecular flexibility index (Phi) is 33.1. The van der Waals surface area contributed by atoms with Gasteiger partial charge in [0.05, 0.1) is 60.0 Å². The Balaban J connectivity index is 0.000000191. The summed E-state index contributed by atoms with van der Waals surface area (Å²) in [4.78, 5) is 16.3. The van der Waals surface area contributed by atoms with Crippen LogP contribution < -0.4 is 5.11 Å². The van der Waals surface area contributed by atoms with Crippen molar-refractivity contribution >= 4 is 79.5 Å². The molecule has 0 fully saturated rings. The first-order valence-corrected chi connectivity index (χ1v) is 43.3. The molecule has 0 saturated heterocycles. The fourth-order valence-corrected chi connectivity index (χ4v) is 21.4. The van der Waals surface area contributed by atoms with Crippen molar-refractivity contribution in [2.24, 2.45) is 4.40 Å². The van der Waals surface area contributed by atoms with Crippen LogP contribution in [-0.4, -0.2) is 77.8 Å². The van der Waals surface area contributed by atoms with Crippen molar-refractivity contribution in [1.29, 1.82) is 0 Å². The molecular weight excluding hydrogens is 1660 g/mol. The number of hydrogen-bond acceptors (Lipinski definition) is 7. The molecule has 0 aromatic heterocycles. The summed E-state index contributed by atoms with van der Waals surface area (Å²) < 4.78 is 253. The van der Waals surface area contributed by atoms with Gasteiger partial charge in [0, 0.05) is 20.1 Å². The lowest BCUT2D eigenvalue weighted by molar-refractivity contribution is -0.271. The number of alkyl halides is 15. The van der Waals surface area contributed by atoms with E-state index in [0.717, 1.165) is 0 Å². The van der Waals surface area contributed by atoms with Gasteiger partial charge in [-0.05, 0) is 151 Å². The summed E-state index contributed by atoms with van der Waals surface area (Å²) in [5.74, 6) is -26.5. The SMILES string of the molecule is CC(F)(F)C(F)(F)C(F)(F)S(=O)(=O)N=C([O-])CC(F)(F)F.CC(F)(F)C(F)(F)C(F)(F)S(=O)(=O)[N-]S(C)(=O)=O.c1ccc([S+](c2ccccc2)c2ccccc2)cc1.c1ccc([S+](c2ccccc2)c2ccccc2)cc1.c1ccc([S+](c2ccccc2)c2ccccc2)cc1.c1ccc([S+](c2ccccc2)c2ccccc2)cc1. The van der Waals surface area contributed by atoms with Gasteiger partial charge >= 0.3 is 50.4 Å². The van der Waals surface area contributed by atoms with Gasteiger partial charge in [-0.25, -0.2) is 16.8 Å². The van der Waals surface area contributed by atoms with E-state index < -0.39 is 96.6 Å². The zero-order chi connectivity index (χ0) is 84.4. The summed E-state index contributed by atoms with van der Waals surface area (Å²) in [7, 11) is -18.7. The Morgan fingerprint density at radius 2 is 0.435 bits per heavy atom. The maximum atomic E-state index is 12.9. The van der Waals surface area contributed by atoms with Crippen molar-refractivity contribution in [3.05, 3.63) is 368 Å². The van der Waals surface area contributed by atoms with Crippen molar-refractivity contribution in [2.75, 3.05) is 6.26 Å². The van der Waals surface area contributed by atoms with E-state index >= 15 is 0 Å². The zero-order valence-corrected chi connectivity index (χ0v) is 66.3. The first-order valence-electron chi connectivity index (χ1n) is 33.7. The third-order valence-electron chi connectivity index (χ3n) is 15.0. The molecule has 0 saturated carbocycles. The number of rotatable bonds is 22. The molecule has 0 unspecified atom stereocenters. The van der Waals surface area contributed by atoms with Gasteiger partial charge in [-0.2, -0.15) is 78.7 Å². The molecule has 0 amide bonds. The third kappa shape index (κ3) is 26.1. The molecule has 0 N–H and O–H groups in total.